The summed E-state index contributed by atoms with van der Waals surface area (Å²) >= 11 is 0. The van der Waals surface area contributed by atoms with Crippen LogP contribution in [0.1, 0.15) is 46.9 Å². The van der Waals surface area contributed by atoms with Crippen molar-refractivity contribution in [2.45, 2.75) is 50.3 Å². The van der Waals surface area contributed by atoms with Gasteiger partial charge in [-0.25, -0.2) is 0 Å². The molecule has 1 aromatic rings. The summed E-state index contributed by atoms with van der Waals surface area (Å²) in [6.45, 7) is 2.11. The zero-order chi connectivity index (χ0) is 15.0. The Morgan fingerprint density at radius 2 is 1.81 bits per heavy atom. The van der Waals surface area contributed by atoms with Crippen LogP contribution < -0.4 is 34.3 Å². The number of carbonyl (C=O) groups excluding carboxylic acids is 1. The quantitative estimate of drug-likeness (QED) is 0.245. The summed E-state index contributed by atoms with van der Waals surface area (Å²) in [7, 11) is -4.39. The minimum absolute atomic E-state index is 0. The molecule has 0 atom stereocenters. The van der Waals surface area contributed by atoms with E-state index in [1.54, 1.807) is 6.07 Å². The van der Waals surface area contributed by atoms with Gasteiger partial charge < -0.3 is 6.16 Å². The Morgan fingerprint density at radius 1 is 1.19 bits per heavy atom. The van der Waals surface area contributed by atoms with Gasteiger partial charge in [-0.15, -0.1) is 0 Å². The number of rotatable bonds is 8. The van der Waals surface area contributed by atoms with Gasteiger partial charge in [0.05, 0.1) is 0 Å². The van der Waals surface area contributed by atoms with Crippen LogP contribution >= 0.6 is 0 Å². The van der Waals surface area contributed by atoms with Gasteiger partial charge >= 0.3 is 35.5 Å². The third-order valence-corrected chi connectivity index (χ3v) is 3.73. The fraction of sp³-hybridized carbons (Fsp3) is 0.500. The molecule has 0 fully saturated rings. The summed E-state index contributed by atoms with van der Waals surface area (Å²) in [6.07, 6.45) is 5.25. The fourth-order valence-electron chi connectivity index (χ4n) is 1.79. The van der Waals surface area contributed by atoms with Crippen LogP contribution in [0.2, 0.25) is 0 Å². The SMILES string of the molecule is CCCCCCCC(=O)Oc1ccccc1S(=O)(=O)O.[H-].[Na+]. The molecule has 1 rings (SSSR count). The number of para-hydroxylation sites is 1. The maximum absolute atomic E-state index is 11.6. The molecular weight excluding hydrogens is 303 g/mol. The predicted octanol–water partition coefficient (Wildman–Crippen LogP) is 0.316. The van der Waals surface area contributed by atoms with E-state index in [9.17, 15) is 13.2 Å². The van der Waals surface area contributed by atoms with Gasteiger partial charge in [-0.05, 0) is 18.6 Å². The Kier molecular flexibility index (Phi) is 10.1. The zero-order valence-corrected chi connectivity index (χ0v) is 15.4. The topological polar surface area (TPSA) is 80.7 Å². The molecule has 1 N–H and O–H groups in total. The Balaban J connectivity index is 0. The molecule has 0 aromatic heterocycles. The normalized spacial score (nSPS) is 10.8. The summed E-state index contributed by atoms with van der Waals surface area (Å²) in [5, 5.41) is 0. The number of hydrogen-bond donors (Lipinski definition) is 1. The van der Waals surface area contributed by atoms with Crippen molar-refractivity contribution in [1.29, 1.82) is 0 Å². The molecular formula is C14H21NaO5S. The first-order valence-electron chi connectivity index (χ1n) is 6.72. The summed E-state index contributed by atoms with van der Waals surface area (Å²) in [6, 6.07) is 5.53. The van der Waals surface area contributed by atoms with Crippen LogP contribution in [0, 0.1) is 0 Å². The van der Waals surface area contributed by atoms with Gasteiger partial charge in [-0.2, -0.15) is 8.42 Å². The molecule has 0 saturated heterocycles. The average molecular weight is 324 g/mol. The van der Waals surface area contributed by atoms with Crippen LogP contribution in [0.4, 0.5) is 0 Å². The maximum atomic E-state index is 11.6. The van der Waals surface area contributed by atoms with Crippen LogP contribution in [0.3, 0.4) is 0 Å². The van der Waals surface area contributed by atoms with Crippen molar-refractivity contribution in [2.24, 2.45) is 0 Å². The van der Waals surface area contributed by atoms with Gasteiger partial charge in [-0.1, -0.05) is 44.7 Å². The van der Waals surface area contributed by atoms with Crippen LogP contribution in [0.5, 0.6) is 5.75 Å². The molecule has 7 heteroatoms. The molecule has 0 saturated carbocycles. The third-order valence-electron chi connectivity index (χ3n) is 2.84. The maximum Gasteiger partial charge on any atom is 1.00 e. The summed E-state index contributed by atoms with van der Waals surface area (Å²) < 4.78 is 36.3. The van der Waals surface area contributed by atoms with Crippen LogP contribution in [-0.4, -0.2) is 18.9 Å². The number of hydrogen-bond acceptors (Lipinski definition) is 4. The van der Waals surface area contributed by atoms with Crippen molar-refractivity contribution >= 4 is 16.1 Å². The molecule has 0 heterocycles. The first-order chi connectivity index (χ1) is 9.45. The Morgan fingerprint density at radius 3 is 2.43 bits per heavy atom. The van der Waals surface area contributed by atoms with Gasteiger partial charge in [0.1, 0.15) is 4.90 Å². The number of unbranched alkanes of at least 4 members (excludes halogenated alkanes) is 4. The van der Waals surface area contributed by atoms with Crippen LogP contribution in [0.25, 0.3) is 0 Å². The minimum atomic E-state index is -4.39. The largest absolute Gasteiger partial charge is 1.00 e. The summed E-state index contributed by atoms with van der Waals surface area (Å²) in [4.78, 5) is 11.2. The second kappa shape index (κ2) is 10.3. The van der Waals surface area contributed by atoms with Gasteiger partial charge in [0.25, 0.3) is 10.1 Å². The molecule has 0 aliphatic rings. The van der Waals surface area contributed by atoms with E-state index in [0.717, 1.165) is 25.7 Å². The first-order valence-corrected chi connectivity index (χ1v) is 8.16. The van der Waals surface area contributed by atoms with Crippen molar-refractivity contribution < 1.29 is 53.5 Å². The smallest absolute Gasteiger partial charge is 1.00 e. The summed E-state index contributed by atoms with van der Waals surface area (Å²) in [5.74, 6) is -0.619. The summed E-state index contributed by atoms with van der Waals surface area (Å²) in [5.41, 5.74) is 0. The number of carbonyl (C=O) groups is 1. The number of benzene rings is 1. The van der Waals surface area contributed by atoms with Crippen molar-refractivity contribution in [3.8, 4) is 5.75 Å². The molecule has 0 unspecified atom stereocenters. The minimum Gasteiger partial charge on any atom is -1.00 e. The van der Waals surface area contributed by atoms with Gasteiger partial charge in [0.2, 0.25) is 0 Å². The third kappa shape index (κ3) is 7.97. The van der Waals surface area contributed by atoms with Crippen LogP contribution in [0.15, 0.2) is 29.2 Å². The second-order valence-electron chi connectivity index (χ2n) is 4.56. The molecule has 0 spiro atoms. The molecule has 114 valence electrons. The fourth-order valence-corrected chi connectivity index (χ4v) is 2.41. The second-order valence-corrected chi connectivity index (χ2v) is 5.95. The van der Waals surface area contributed by atoms with Crippen molar-refractivity contribution in [2.75, 3.05) is 0 Å². The number of ether oxygens (including phenoxy) is 1. The van der Waals surface area contributed by atoms with E-state index in [0.29, 0.717) is 6.42 Å². The molecule has 0 amide bonds. The molecule has 5 nitrogen and oxygen atoms in total. The van der Waals surface area contributed by atoms with E-state index in [1.165, 1.54) is 18.2 Å². The van der Waals surface area contributed by atoms with E-state index in [4.69, 9.17) is 9.29 Å². The Hall–Kier alpha value is -0.400. The molecule has 0 aliphatic carbocycles. The average Bonchev–Trinajstić information content (AvgIpc) is 2.38. The van der Waals surface area contributed by atoms with E-state index in [2.05, 4.69) is 6.92 Å². The standard InChI is InChI=1S/C14H20O5S.Na.H/c1-2-3-4-5-6-11-14(15)19-12-9-7-8-10-13(12)20(16,17)18;;/h7-10H,2-6,11H2,1H3,(H,16,17,18);;/q;+1;-1. The van der Waals surface area contributed by atoms with Crippen molar-refractivity contribution in [1.82, 2.24) is 0 Å². The van der Waals surface area contributed by atoms with E-state index >= 15 is 0 Å². The zero-order valence-electron chi connectivity index (χ0n) is 13.5. The molecule has 21 heavy (non-hydrogen) atoms. The van der Waals surface area contributed by atoms with Gasteiger partial charge in [0, 0.05) is 6.42 Å². The van der Waals surface area contributed by atoms with Gasteiger partial charge in [0.15, 0.2) is 5.75 Å². The van der Waals surface area contributed by atoms with Crippen molar-refractivity contribution in [3.63, 3.8) is 0 Å². The molecule has 0 bridgehead atoms. The monoisotopic (exact) mass is 324 g/mol. The first kappa shape index (κ1) is 20.6. The van der Waals surface area contributed by atoms with E-state index in [-0.39, 0.29) is 48.0 Å². The van der Waals surface area contributed by atoms with Crippen LogP contribution in [-0.2, 0) is 14.9 Å². The Bertz CT molecular complexity index is 548. The van der Waals surface area contributed by atoms with Gasteiger partial charge in [-0.3, -0.25) is 9.35 Å². The Labute approximate surface area is 149 Å². The molecule has 0 radical (unpaired) electrons. The molecule has 0 aliphatic heterocycles. The van der Waals surface area contributed by atoms with Crippen molar-refractivity contribution in [3.05, 3.63) is 24.3 Å². The van der Waals surface area contributed by atoms with E-state index in [1.807, 2.05) is 0 Å². The molecule has 1 aromatic carbocycles. The predicted molar refractivity (Wildman–Crippen MR) is 76.4 cm³/mol. The number of esters is 1. The van der Waals surface area contributed by atoms with E-state index < -0.39 is 16.1 Å².